The highest BCUT2D eigenvalue weighted by atomic mass is 32.2. The van der Waals surface area contributed by atoms with Crippen LogP contribution in [-0.2, 0) is 5.75 Å². The van der Waals surface area contributed by atoms with Crippen LogP contribution in [0.2, 0.25) is 0 Å². The minimum absolute atomic E-state index is 0.00702. The third kappa shape index (κ3) is 3.60. The van der Waals surface area contributed by atoms with Crippen molar-refractivity contribution in [3.63, 3.8) is 0 Å². The van der Waals surface area contributed by atoms with Crippen molar-refractivity contribution in [2.45, 2.75) is 37.2 Å². The standard InChI is InChI=1S/C22H21N3O2S/c1-3-15(2)25-21(26)18-11-7-8-12-19(18)23-22(25)28-14-17-13-20(27-24-17)16-9-5-4-6-10-16/h4-13,15H,3,14H2,1-2H3/t15-/m1/s1. The number of benzene rings is 2. The minimum Gasteiger partial charge on any atom is -0.356 e. The van der Waals surface area contributed by atoms with Gasteiger partial charge >= 0.3 is 0 Å². The van der Waals surface area contributed by atoms with E-state index >= 15 is 0 Å². The maximum Gasteiger partial charge on any atom is 0.262 e. The smallest absolute Gasteiger partial charge is 0.262 e. The van der Waals surface area contributed by atoms with Gasteiger partial charge in [0, 0.05) is 23.4 Å². The Hall–Kier alpha value is -2.86. The Morgan fingerprint density at radius 3 is 2.64 bits per heavy atom. The second-order valence-electron chi connectivity index (χ2n) is 6.68. The van der Waals surface area contributed by atoms with Crippen molar-refractivity contribution >= 4 is 22.7 Å². The van der Waals surface area contributed by atoms with E-state index in [0.29, 0.717) is 16.3 Å². The lowest BCUT2D eigenvalue weighted by atomic mass is 10.2. The highest BCUT2D eigenvalue weighted by Crippen LogP contribution is 2.27. The van der Waals surface area contributed by atoms with E-state index < -0.39 is 0 Å². The van der Waals surface area contributed by atoms with Crippen molar-refractivity contribution in [2.24, 2.45) is 0 Å². The van der Waals surface area contributed by atoms with Crippen LogP contribution in [0.4, 0.5) is 0 Å². The van der Waals surface area contributed by atoms with Gasteiger partial charge in [0.15, 0.2) is 10.9 Å². The summed E-state index contributed by atoms with van der Waals surface area (Å²) < 4.78 is 7.28. The second kappa shape index (κ2) is 8.02. The summed E-state index contributed by atoms with van der Waals surface area (Å²) in [7, 11) is 0. The number of fused-ring (bicyclic) bond motifs is 1. The molecule has 5 nitrogen and oxygen atoms in total. The zero-order chi connectivity index (χ0) is 19.5. The first-order valence-electron chi connectivity index (χ1n) is 9.32. The van der Waals surface area contributed by atoms with Crippen molar-refractivity contribution < 1.29 is 4.52 Å². The molecule has 0 unspecified atom stereocenters. The van der Waals surface area contributed by atoms with Gasteiger partial charge in [-0.05, 0) is 25.5 Å². The maximum absolute atomic E-state index is 13.0. The average molecular weight is 391 g/mol. The summed E-state index contributed by atoms with van der Waals surface area (Å²) in [6.07, 6.45) is 0.857. The average Bonchev–Trinajstić information content (AvgIpc) is 3.21. The van der Waals surface area contributed by atoms with Crippen molar-refractivity contribution in [3.05, 3.63) is 76.7 Å². The lowest BCUT2D eigenvalue weighted by Crippen LogP contribution is -2.26. The van der Waals surface area contributed by atoms with Gasteiger partial charge in [-0.2, -0.15) is 0 Å². The summed E-state index contributed by atoms with van der Waals surface area (Å²) in [6.45, 7) is 4.12. The second-order valence-corrected chi connectivity index (χ2v) is 7.62. The minimum atomic E-state index is 0.00702. The summed E-state index contributed by atoms with van der Waals surface area (Å²) in [5.74, 6) is 1.32. The molecule has 6 heteroatoms. The summed E-state index contributed by atoms with van der Waals surface area (Å²) in [6, 6.07) is 19.4. The van der Waals surface area contributed by atoms with E-state index in [9.17, 15) is 4.79 Å². The largest absolute Gasteiger partial charge is 0.356 e. The van der Waals surface area contributed by atoms with Gasteiger partial charge < -0.3 is 4.52 Å². The first-order valence-corrected chi connectivity index (χ1v) is 10.3. The lowest BCUT2D eigenvalue weighted by molar-refractivity contribution is 0.426. The van der Waals surface area contributed by atoms with Gasteiger partial charge in [-0.3, -0.25) is 9.36 Å². The normalized spacial score (nSPS) is 12.4. The third-order valence-corrected chi connectivity index (χ3v) is 5.76. The van der Waals surface area contributed by atoms with E-state index in [0.717, 1.165) is 29.0 Å². The van der Waals surface area contributed by atoms with E-state index in [1.165, 1.54) is 11.8 Å². The Balaban J connectivity index is 1.64. The Bertz CT molecular complexity index is 1150. The number of para-hydroxylation sites is 1. The van der Waals surface area contributed by atoms with Crippen LogP contribution < -0.4 is 5.56 Å². The van der Waals surface area contributed by atoms with E-state index in [1.54, 1.807) is 4.57 Å². The molecule has 1 atom stereocenters. The topological polar surface area (TPSA) is 60.9 Å². The Labute approximate surface area is 167 Å². The fourth-order valence-electron chi connectivity index (χ4n) is 3.06. The molecule has 4 aromatic rings. The van der Waals surface area contributed by atoms with E-state index in [-0.39, 0.29) is 11.6 Å². The van der Waals surface area contributed by atoms with Gasteiger partial charge in [0.2, 0.25) is 0 Å². The van der Waals surface area contributed by atoms with Crippen LogP contribution in [0.5, 0.6) is 0 Å². The quantitative estimate of drug-likeness (QED) is 0.329. The summed E-state index contributed by atoms with van der Waals surface area (Å²) in [5, 5.41) is 5.54. The van der Waals surface area contributed by atoms with E-state index in [2.05, 4.69) is 12.1 Å². The highest BCUT2D eigenvalue weighted by Gasteiger charge is 2.16. The van der Waals surface area contributed by atoms with Crippen LogP contribution in [0, 0.1) is 0 Å². The Kier molecular flexibility index (Phi) is 5.30. The molecule has 0 radical (unpaired) electrons. The lowest BCUT2D eigenvalue weighted by Gasteiger charge is -2.17. The third-order valence-electron chi connectivity index (χ3n) is 4.77. The van der Waals surface area contributed by atoms with Crippen molar-refractivity contribution in [2.75, 3.05) is 0 Å². The number of nitrogens with zero attached hydrogens (tertiary/aromatic N) is 3. The van der Waals surface area contributed by atoms with Crippen LogP contribution >= 0.6 is 11.8 Å². The molecule has 0 bridgehead atoms. The summed E-state index contributed by atoms with van der Waals surface area (Å²) in [5.41, 5.74) is 2.54. The van der Waals surface area contributed by atoms with Crippen molar-refractivity contribution in [1.82, 2.24) is 14.7 Å². The van der Waals surface area contributed by atoms with Gasteiger partial charge in [-0.15, -0.1) is 0 Å². The molecule has 4 rings (SSSR count). The van der Waals surface area contributed by atoms with Crippen molar-refractivity contribution in [1.29, 1.82) is 0 Å². The molecule has 0 spiro atoms. The van der Waals surface area contributed by atoms with E-state index in [4.69, 9.17) is 9.51 Å². The molecular formula is C22H21N3O2S. The maximum atomic E-state index is 13.0. The molecular weight excluding hydrogens is 370 g/mol. The molecule has 2 heterocycles. The van der Waals surface area contributed by atoms with Crippen LogP contribution in [0.25, 0.3) is 22.2 Å². The van der Waals surface area contributed by atoms with E-state index in [1.807, 2.05) is 67.6 Å². The van der Waals surface area contributed by atoms with Crippen LogP contribution in [0.15, 0.2) is 75.1 Å². The number of thioether (sulfide) groups is 1. The zero-order valence-corrected chi connectivity index (χ0v) is 16.6. The molecule has 142 valence electrons. The molecule has 0 aliphatic heterocycles. The molecule has 0 fully saturated rings. The number of hydrogen-bond acceptors (Lipinski definition) is 5. The SMILES string of the molecule is CC[C@@H](C)n1c(SCc2cc(-c3ccccc3)on2)nc2ccccc2c1=O. The molecule has 2 aromatic heterocycles. The zero-order valence-electron chi connectivity index (χ0n) is 15.8. The molecule has 28 heavy (non-hydrogen) atoms. The molecule has 2 aromatic carbocycles. The molecule has 0 saturated carbocycles. The van der Waals surface area contributed by atoms with Crippen LogP contribution in [0.3, 0.4) is 0 Å². The first-order chi connectivity index (χ1) is 13.7. The molecule has 0 N–H and O–H groups in total. The van der Waals surface area contributed by atoms with Crippen LogP contribution in [0.1, 0.15) is 32.0 Å². The fraction of sp³-hybridized carbons (Fsp3) is 0.227. The van der Waals surface area contributed by atoms with Gasteiger partial charge in [-0.1, -0.05) is 66.3 Å². The molecule has 0 amide bonds. The van der Waals surface area contributed by atoms with Gasteiger partial charge in [0.1, 0.15) is 0 Å². The number of hydrogen-bond donors (Lipinski definition) is 0. The first kappa shape index (κ1) is 18.5. The monoisotopic (exact) mass is 391 g/mol. The van der Waals surface area contributed by atoms with Crippen molar-refractivity contribution in [3.8, 4) is 11.3 Å². The highest BCUT2D eigenvalue weighted by molar-refractivity contribution is 7.98. The van der Waals surface area contributed by atoms with Gasteiger partial charge in [0.25, 0.3) is 5.56 Å². The summed E-state index contributed by atoms with van der Waals surface area (Å²) in [4.78, 5) is 17.8. The number of rotatable bonds is 6. The Morgan fingerprint density at radius 2 is 1.86 bits per heavy atom. The molecule has 0 aliphatic carbocycles. The predicted octanol–water partition coefficient (Wildman–Crippen LogP) is 5.31. The molecule has 0 aliphatic rings. The summed E-state index contributed by atoms with van der Waals surface area (Å²) >= 11 is 1.51. The van der Waals surface area contributed by atoms with Gasteiger partial charge in [0.05, 0.1) is 16.6 Å². The van der Waals surface area contributed by atoms with Gasteiger partial charge in [-0.25, -0.2) is 4.98 Å². The number of aromatic nitrogens is 3. The van der Waals surface area contributed by atoms with Crippen LogP contribution in [-0.4, -0.2) is 14.7 Å². The fourth-order valence-corrected chi connectivity index (χ4v) is 4.03. The molecule has 0 saturated heterocycles. The Morgan fingerprint density at radius 1 is 1.11 bits per heavy atom. The predicted molar refractivity (Wildman–Crippen MR) is 113 cm³/mol.